The summed E-state index contributed by atoms with van der Waals surface area (Å²) in [5.41, 5.74) is 1.20. The molecule has 0 heterocycles. The van der Waals surface area contributed by atoms with Crippen LogP contribution in [-0.4, -0.2) is 55.8 Å². The third-order valence-electron chi connectivity index (χ3n) is 4.05. The predicted molar refractivity (Wildman–Crippen MR) is 106 cm³/mol. The van der Waals surface area contributed by atoms with Gasteiger partial charge in [0.15, 0.2) is 6.61 Å². The predicted octanol–water partition coefficient (Wildman–Crippen LogP) is 0.978. The van der Waals surface area contributed by atoms with E-state index in [9.17, 15) is 19.2 Å². The summed E-state index contributed by atoms with van der Waals surface area (Å²) in [6.07, 6.45) is 0. The van der Waals surface area contributed by atoms with Crippen LogP contribution in [0.25, 0.3) is 0 Å². The van der Waals surface area contributed by atoms with E-state index in [-0.39, 0.29) is 29.5 Å². The summed E-state index contributed by atoms with van der Waals surface area (Å²) in [5.74, 6) is -2.13. The molecular weight excluding hydrogens is 374 g/mol. The monoisotopic (exact) mass is 397 g/mol. The highest BCUT2D eigenvalue weighted by atomic mass is 16.5. The number of carbonyl (C=O) groups excluding carboxylic acids is 4. The van der Waals surface area contributed by atoms with Gasteiger partial charge in [-0.3, -0.25) is 14.4 Å². The van der Waals surface area contributed by atoms with Crippen molar-refractivity contribution in [2.75, 3.05) is 27.2 Å². The molecule has 0 aliphatic carbocycles. The summed E-state index contributed by atoms with van der Waals surface area (Å²) in [6, 6.07) is 15.7. The lowest BCUT2D eigenvalue weighted by molar-refractivity contribution is -0.127. The number of hydrogen-bond donors (Lipinski definition) is 2. The molecule has 0 fully saturated rings. The lowest BCUT2D eigenvalue weighted by atomic mass is 10.1. The Morgan fingerprint density at radius 3 is 2.17 bits per heavy atom. The van der Waals surface area contributed by atoms with Crippen LogP contribution in [0.5, 0.6) is 0 Å². The molecule has 3 amide bonds. The second-order valence-electron chi connectivity index (χ2n) is 6.22. The molecule has 0 unspecified atom stereocenters. The summed E-state index contributed by atoms with van der Waals surface area (Å²) in [5, 5.41) is 4.68. The van der Waals surface area contributed by atoms with Crippen molar-refractivity contribution in [3.63, 3.8) is 0 Å². The molecule has 0 aromatic heterocycles. The molecule has 8 heteroatoms. The van der Waals surface area contributed by atoms with Crippen molar-refractivity contribution >= 4 is 23.7 Å². The molecule has 0 aliphatic rings. The standard InChI is InChI=1S/C21H23N3O5/c1-22-18(25)12-23-19(26)14-29-21(28)17-11-7-6-10-16(17)20(27)24(2)13-15-8-4-3-5-9-15/h3-11H,12-14H2,1-2H3,(H,22,25)(H,23,26). The van der Waals surface area contributed by atoms with Gasteiger partial charge in [-0.25, -0.2) is 4.79 Å². The highest BCUT2D eigenvalue weighted by molar-refractivity contribution is 6.05. The van der Waals surface area contributed by atoms with Crippen molar-refractivity contribution in [3.8, 4) is 0 Å². The molecule has 29 heavy (non-hydrogen) atoms. The second-order valence-corrected chi connectivity index (χ2v) is 6.22. The summed E-state index contributed by atoms with van der Waals surface area (Å²) in [7, 11) is 3.08. The Hall–Kier alpha value is -3.68. The van der Waals surface area contributed by atoms with Crippen molar-refractivity contribution in [2.45, 2.75) is 6.54 Å². The molecule has 0 aliphatic heterocycles. The van der Waals surface area contributed by atoms with Crippen molar-refractivity contribution in [1.29, 1.82) is 0 Å². The van der Waals surface area contributed by atoms with Gasteiger partial charge in [-0.2, -0.15) is 0 Å². The van der Waals surface area contributed by atoms with E-state index in [1.807, 2.05) is 30.3 Å². The van der Waals surface area contributed by atoms with Crippen LogP contribution in [0, 0.1) is 0 Å². The summed E-state index contributed by atoms with van der Waals surface area (Å²) in [6.45, 7) is -0.393. The summed E-state index contributed by atoms with van der Waals surface area (Å²) >= 11 is 0. The van der Waals surface area contributed by atoms with Crippen LogP contribution in [0.4, 0.5) is 0 Å². The van der Waals surface area contributed by atoms with E-state index in [0.717, 1.165) is 5.56 Å². The summed E-state index contributed by atoms with van der Waals surface area (Å²) < 4.78 is 4.99. The van der Waals surface area contributed by atoms with E-state index in [2.05, 4.69) is 10.6 Å². The first-order valence-electron chi connectivity index (χ1n) is 8.95. The third-order valence-corrected chi connectivity index (χ3v) is 4.05. The Labute approximate surface area is 168 Å². The molecule has 0 radical (unpaired) electrons. The molecule has 0 atom stereocenters. The minimum Gasteiger partial charge on any atom is -0.452 e. The maximum atomic E-state index is 12.8. The van der Waals surface area contributed by atoms with Gasteiger partial charge in [-0.05, 0) is 17.7 Å². The maximum absolute atomic E-state index is 12.8. The number of likely N-dealkylation sites (N-methyl/N-ethyl adjacent to an activating group) is 1. The second kappa shape index (κ2) is 10.6. The van der Waals surface area contributed by atoms with Crippen LogP contribution >= 0.6 is 0 Å². The summed E-state index contributed by atoms with van der Waals surface area (Å²) in [4.78, 5) is 49.5. The van der Waals surface area contributed by atoms with E-state index < -0.39 is 18.5 Å². The highest BCUT2D eigenvalue weighted by Gasteiger charge is 2.21. The molecule has 2 aromatic carbocycles. The van der Waals surface area contributed by atoms with E-state index in [4.69, 9.17) is 4.74 Å². The van der Waals surface area contributed by atoms with E-state index in [0.29, 0.717) is 6.54 Å². The fraction of sp³-hybridized carbons (Fsp3) is 0.238. The fourth-order valence-electron chi connectivity index (χ4n) is 2.51. The largest absolute Gasteiger partial charge is 0.452 e. The topological polar surface area (TPSA) is 105 Å². The Kier molecular flexibility index (Phi) is 7.90. The minimum atomic E-state index is -0.794. The van der Waals surface area contributed by atoms with Gasteiger partial charge in [0.2, 0.25) is 5.91 Å². The number of carbonyl (C=O) groups is 4. The molecule has 0 saturated heterocycles. The van der Waals surface area contributed by atoms with Gasteiger partial charge in [0.05, 0.1) is 17.7 Å². The minimum absolute atomic E-state index is 0.0662. The molecule has 0 spiro atoms. The van der Waals surface area contributed by atoms with Crippen LogP contribution in [0.15, 0.2) is 54.6 Å². The van der Waals surface area contributed by atoms with Crippen LogP contribution in [0.3, 0.4) is 0 Å². The smallest absolute Gasteiger partial charge is 0.339 e. The van der Waals surface area contributed by atoms with Crippen molar-refractivity contribution in [1.82, 2.24) is 15.5 Å². The molecule has 2 N–H and O–H groups in total. The normalized spacial score (nSPS) is 10.0. The van der Waals surface area contributed by atoms with Crippen molar-refractivity contribution in [3.05, 3.63) is 71.3 Å². The third kappa shape index (κ3) is 6.46. The van der Waals surface area contributed by atoms with Crippen LogP contribution < -0.4 is 10.6 Å². The molecule has 152 valence electrons. The SMILES string of the molecule is CNC(=O)CNC(=O)COC(=O)c1ccccc1C(=O)N(C)Cc1ccccc1. The van der Waals surface area contributed by atoms with Crippen LogP contribution in [-0.2, 0) is 20.9 Å². The lowest BCUT2D eigenvalue weighted by Crippen LogP contribution is -2.37. The average Bonchev–Trinajstić information content (AvgIpc) is 2.75. The quantitative estimate of drug-likeness (QED) is 0.646. The number of rotatable bonds is 8. The Morgan fingerprint density at radius 2 is 1.52 bits per heavy atom. The first-order chi connectivity index (χ1) is 13.9. The molecule has 2 aromatic rings. The number of hydrogen-bond acceptors (Lipinski definition) is 5. The molecule has 2 rings (SSSR count). The van der Waals surface area contributed by atoms with Gasteiger partial charge < -0.3 is 20.3 Å². The first kappa shape index (κ1) is 21.6. The van der Waals surface area contributed by atoms with Crippen molar-refractivity contribution < 1.29 is 23.9 Å². The Morgan fingerprint density at radius 1 is 0.897 bits per heavy atom. The van der Waals surface area contributed by atoms with Gasteiger partial charge in [0.1, 0.15) is 0 Å². The average molecular weight is 397 g/mol. The number of benzene rings is 2. The number of esters is 1. The Bertz CT molecular complexity index is 883. The number of amides is 3. The van der Waals surface area contributed by atoms with Gasteiger partial charge >= 0.3 is 5.97 Å². The van der Waals surface area contributed by atoms with Gasteiger partial charge in [0, 0.05) is 20.6 Å². The highest BCUT2D eigenvalue weighted by Crippen LogP contribution is 2.14. The van der Waals surface area contributed by atoms with E-state index in [1.54, 1.807) is 19.2 Å². The number of nitrogens with zero attached hydrogens (tertiary/aromatic N) is 1. The van der Waals surface area contributed by atoms with Gasteiger partial charge in [0.25, 0.3) is 11.8 Å². The first-order valence-corrected chi connectivity index (χ1v) is 8.95. The van der Waals surface area contributed by atoms with E-state index >= 15 is 0 Å². The number of nitrogens with one attached hydrogen (secondary N) is 2. The molecule has 0 bridgehead atoms. The zero-order valence-electron chi connectivity index (χ0n) is 16.3. The van der Waals surface area contributed by atoms with Crippen molar-refractivity contribution in [2.24, 2.45) is 0 Å². The molecule has 8 nitrogen and oxygen atoms in total. The fourth-order valence-corrected chi connectivity index (χ4v) is 2.51. The Balaban J connectivity index is 2.01. The lowest BCUT2D eigenvalue weighted by Gasteiger charge is -2.19. The molecular formula is C21H23N3O5. The van der Waals surface area contributed by atoms with Gasteiger partial charge in [-0.1, -0.05) is 42.5 Å². The number of ether oxygens (including phenoxy) is 1. The van der Waals surface area contributed by atoms with Crippen LogP contribution in [0.2, 0.25) is 0 Å². The maximum Gasteiger partial charge on any atom is 0.339 e. The zero-order chi connectivity index (χ0) is 21.2. The van der Waals surface area contributed by atoms with E-state index in [1.165, 1.54) is 24.1 Å². The molecule has 0 saturated carbocycles. The van der Waals surface area contributed by atoms with Gasteiger partial charge in [-0.15, -0.1) is 0 Å². The van der Waals surface area contributed by atoms with Crippen LogP contribution in [0.1, 0.15) is 26.3 Å². The zero-order valence-corrected chi connectivity index (χ0v) is 16.3.